The molecule has 5 nitrogen and oxygen atoms in total. The van der Waals surface area contributed by atoms with E-state index in [-0.39, 0.29) is 23.6 Å². The van der Waals surface area contributed by atoms with Gasteiger partial charge < -0.3 is 15.6 Å². The minimum Gasteiger partial charge on any atom is -0.490 e. The molecule has 0 aliphatic heterocycles. The van der Waals surface area contributed by atoms with Crippen LogP contribution in [-0.4, -0.2) is 27.3 Å². The number of nitrogen functional groups attached to an aromatic ring is 1. The van der Waals surface area contributed by atoms with Crippen molar-refractivity contribution >= 4 is 28.3 Å². The Labute approximate surface area is 165 Å². The van der Waals surface area contributed by atoms with Crippen molar-refractivity contribution in [2.24, 2.45) is 0 Å². The summed E-state index contributed by atoms with van der Waals surface area (Å²) >= 11 is 5.80. The molecule has 4 rings (SSSR count). The zero-order valence-corrected chi connectivity index (χ0v) is 15.6. The molecule has 28 heavy (non-hydrogen) atoms. The number of rotatable bonds is 3. The highest BCUT2D eigenvalue weighted by molar-refractivity contribution is 6.31. The zero-order chi connectivity index (χ0) is 19.8. The second-order valence-electron chi connectivity index (χ2n) is 6.87. The molecule has 1 saturated carbocycles. The Morgan fingerprint density at radius 2 is 1.82 bits per heavy atom. The first kappa shape index (κ1) is 18.8. The van der Waals surface area contributed by atoms with Gasteiger partial charge in [-0.1, -0.05) is 11.6 Å². The molecule has 146 valence electrons. The Hall–Kier alpha value is -2.51. The van der Waals surface area contributed by atoms with E-state index in [0.717, 1.165) is 6.07 Å². The van der Waals surface area contributed by atoms with Crippen LogP contribution in [0.5, 0.6) is 5.75 Å². The largest absolute Gasteiger partial charge is 0.490 e. The minimum atomic E-state index is -0.893. The predicted molar refractivity (Wildman–Crippen MR) is 103 cm³/mol. The Morgan fingerprint density at radius 3 is 2.57 bits per heavy atom. The van der Waals surface area contributed by atoms with Crippen molar-refractivity contribution in [1.29, 1.82) is 0 Å². The van der Waals surface area contributed by atoms with Gasteiger partial charge in [-0.15, -0.1) is 0 Å². The predicted octanol–water partition coefficient (Wildman–Crippen LogP) is 4.49. The molecule has 0 radical (unpaired) electrons. The Balaban J connectivity index is 1.88. The van der Waals surface area contributed by atoms with Gasteiger partial charge in [-0.2, -0.15) is 0 Å². The SMILES string of the molecule is Nc1ncnc2c(-c3ccc(F)c(Cl)c3F)c(OC3CCC(O)CC3)ccc12. The van der Waals surface area contributed by atoms with Crippen molar-refractivity contribution in [2.75, 3.05) is 5.73 Å². The number of hydrogen-bond acceptors (Lipinski definition) is 5. The van der Waals surface area contributed by atoms with Crippen molar-refractivity contribution in [1.82, 2.24) is 9.97 Å². The number of ether oxygens (including phenoxy) is 1. The third kappa shape index (κ3) is 3.36. The van der Waals surface area contributed by atoms with Gasteiger partial charge in [0.05, 0.1) is 23.3 Å². The number of aliphatic hydroxyl groups excluding tert-OH is 1. The Morgan fingerprint density at radius 1 is 1.07 bits per heavy atom. The lowest BCUT2D eigenvalue weighted by Gasteiger charge is -2.27. The van der Waals surface area contributed by atoms with Crippen molar-refractivity contribution in [3.8, 4) is 16.9 Å². The summed E-state index contributed by atoms with van der Waals surface area (Å²) in [6.45, 7) is 0. The first-order valence-electron chi connectivity index (χ1n) is 8.97. The average Bonchev–Trinajstić information content (AvgIpc) is 2.69. The van der Waals surface area contributed by atoms with Crippen LogP contribution in [0.25, 0.3) is 22.0 Å². The average molecular weight is 406 g/mol. The molecule has 0 bridgehead atoms. The second kappa shape index (κ2) is 7.48. The van der Waals surface area contributed by atoms with E-state index >= 15 is 0 Å². The standard InChI is InChI=1S/C20H18ClF2N3O2/c21-17-14(22)7-5-12(18(17)23)16-15(28-11-3-1-10(27)2-4-11)8-6-13-19(16)25-9-26-20(13)24/h5-11,27H,1-4H2,(H2,24,25,26). The molecule has 2 aromatic carbocycles. The van der Waals surface area contributed by atoms with Crippen molar-refractivity contribution in [3.63, 3.8) is 0 Å². The van der Waals surface area contributed by atoms with Gasteiger partial charge in [0.15, 0.2) is 5.82 Å². The van der Waals surface area contributed by atoms with Crippen LogP contribution >= 0.6 is 11.6 Å². The van der Waals surface area contributed by atoms with Crippen LogP contribution in [0, 0.1) is 11.6 Å². The number of hydrogen-bond donors (Lipinski definition) is 2. The van der Waals surface area contributed by atoms with Gasteiger partial charge in [-0.3, -0.25) is 0 Å². The molecule has 3 N–H and O–H groups in total. The highest BCUT2D eigenvalue weighted by atomic mass is 35.5. The van der Waals surface area contributed by atoms with Crippen LogP contribution in [0.1, 0.15) is 25.7 Å². The van der Waals surface area contributed by atoms with Gasteiger partial charge >= 0.3 is 0 Å². The summed E-state index contributed by atoms with van der Waals surface area (Å²) in [5.41, 5.74) is 6.75. The molecule has 0 saturated heterocycles. The van der Waals surface area contributed by atoms with Crippen molar-refractivity contribution < 1.29 is 18.6 Å². The number of nitrogens with two attached hydrogens (primary N) is 1. The second-order valence-corrected chi connectivity index (χ2v) is 7.24. The Kier molecular flexibility index (Phi) is 5.03. The molecule has 1 aromatic heterocycles. The third-order valence-electron chi connectivity index (χ3n) is 5.04. The summed E-state index contributed by atoms with van der Waals surface area (Å²) in [6.07, 6.45) is 3.47. The summed E-state index contributed by atoms with van der Waals surface area (Å²) in [5.74, 6) is -1.10. The fourth-order valence-corrected chi connectivity index (χ4v) is 3.72. The first-order valence-corrected chi connectivity index (χ1v) is 9.35. The lowest BCUT2D eigenvalue weighted by Crippen LogP contribution is -2.26. The van der Waals surface area contributed by atoms with Crippen molar-refractivity contribution in [2.45, 2.75) is 37.9 Å². The number of aromatic nitrogens is 2. The van der Waals surface area contributed by atoms with Gasteiger partial charge in [0.1, 0.15) is 28.7 Å². The lowest BCUT2D eigenvalue weighted by molar-refractivity contribution is 0.0669. The van der Waals surface area contributed by atoms with E-state index in [0.29, 0.717) is 47.9 Å². The van der Waals surface area contributed by atoms with E-state index in [1.165, 1.54) is 12.4 Å². The fourth-order valence-electron chi connectivity index (χ4n) is 3.55. The van der Waals surface area contributed by atoms with E-state index in [1.807, 2.05) is 0 Å². The molecular formula is C20H18ClF2N3O2. The van der Waals surface area contributed by atoms with E-state index in [1.54, 1.807) is 12.1 Å². The smallest absolute Gasteiger partial charge is 0.152 e. The highest BCUT2D eigenvalue weighted by Gasteiger charge is 2.25. The Bertz CT molecular complexity index is 1040. The van der Waals surface area contributed by atoms with Crippen LogP contribution in [0.15, 0.2) is 30.6 Å². The maximum absolute atomic E-state index is 14.9. The van der Waals surface area contributed by atoms with E-state index < -0.39 is 16.7 Å². The van der Waals surface area contributed by atoms with Crippen LogP contribution in [0.2, 0.25) is 5.02 Å². The summed E-state index contributed by atoms with van der Waals surface area (Å²) in [7, 11) is 0. The van der Waals surface area contributed by atoms with Gasteiger partial charge in [0.2, 0.25) is 0 Å². The van der Waals surface area contributed by atoms with E-state index in [9.17, 15) is 13.9 Å². The van der Waals surface area contributed by atoms with Crippen molar-refractivity contribution in [3.05, 3.63) is 47.2 Å². The summed E-state index contributed by atoms with van der Waals surface area (Å²) in [5, 5.41) is 9.64. The number of nitrogens with zero attached hydrogens (tertiary/aromatic N) is 2. The summed E-state index contributed by atoms with van der Waals surface area (Å²) < 4.78 is 34.7. The molecular weight excluding hydrogens is 388 g/mol. The normalized spacial score (nSPS) is 19.7. The quantitative estimate of drug-likeness (QED) is 0.627. The molecule has 0 amide bonds. The number of aliphatic hydroxyl groups is 1. The number of halogens is 3. The highest BCUT2D eigenvalue weighted by Crippen LogP contribution is 2.41. The van der Waals surface area contributed by atoms with Gasteiger partial charge in [-0.25, -0.2) is 18.7 Å². The minimum absolute atomic E-state index is 0.0703. The maximum atomic E-state index is 14.9. The molecule has 0 unspecified atom stereocenters. The summed E-state index contributed by atoms with van der Waals surface area (Å²) in [6, 6.07) is 5.80. The molecule has 0 atom stereocenters. The molecule has 1 heterocycles. The van der Waals surface area contributed by atoms with Crippen LogP contribution < -0.4 is 10.5 Å². The van der Waals surface area contributed by atoms with E-state index in [4.69, 9.17) is 22.1 Å². The topological polar surface area (TPSA) is 81.3 Å². The fraction of sp³-hybridized carbons (Fsp3) is 0.300. The zero-order valence-electron chi connectivity index (χ0n) is 14.8. The van der Waals surface area contributed by atoms with Gasteiger partial charge in [0, 0.05) is 10.9 Å². The van der Waals surface area contributed by atoms with Crippen LogP contribution in [-0.2, 0) is 0 Å². The number of anilines is 1. The first-order chi connectivity index (χ1) is 13.5. The monoisotopic (exact) mass is 405 g/mol. The van der Waals surface area contributed by atoms with Crippen LogP contribution in [0.3, 0.4) is 0 Å². The maximum Gasteiger partial charge on any atom is 0.152 e. The van der Waals surface area contributed by atoms with Gasteiger partial charge in [-0.05, 0) is 49.9 Å². The number of fused-ring (bicyclic) bond motifs is 1. The molecule has 1 aliphatic carbocycles. The molecule has 3 aromatic rings. The molecule has 0 spiro atoms. The lowest BCUT2D eigenvalue weighted by atomic mass is 9.94. The number of benzene rings is 2. The van der Waals surface area contributed by atoms with E-state index in [2.05, 4.69) is 9.97 Å². The molecule has 8 heteroatoms. The molecule has 1 fully saturated rings. The molecule has 1 aliphatic rings. The van der Waals surface area contributed by atoms with Gasteiger partial charge in [0.25, 0.3) is 0 Å². The summed E-state index contributed by atoms with van der Waals surface area (Å²) in [4.78, 5) is 8.23. The van der Waals surface area contributed by atoms with Crippen LogP contribution in [0.4, 0.5) is 14.6 Å². The third-order valence-corrected chi connectivity index (χ3v) is 5.39.